The van der Waals surface area contributed by atoms with Crippen LogP contribution in [0.4, 0.5) is 0 Å². The maximum atomic E-state index is 13.9. The van der Waals surface area contributed by atoms with Crippen molar-refractivity contribution >= 4 is 72.6 Å². The third-order valence-corrected chi connectivity index (χ3v) is 19.8. The first kappa shape index (κ1) is 113. The molecule has 43 nitrogen and oxygen atoms in total. The maximum absolute atomic E-state index is 13.9. The minimum Gasteiger partial charge on any atom is -0.396 e. The minimum absolute atomic E-state index is 0.0308. The van der Waals surface area contributed by atoms with Crippen LogP contribution in [-0.2, 0) is 90.2 Å². The molecule has 0 aromatic heterocycles. The number of aliphatic hydroxyl groups excluding tert-OH is 12. The van der Waals surface area contributed by atoms with Gasteiger partial charge in [-0.25, -0.2) is 0 Å². The second kappa shape index (κ2) is 69.1. The predicted octanol–water partition coefficient (Wildman–Crippen LogP) is -5.27. The summed E-state index contributed by atoms with van der Waals surface area (Å²) >= 11 is 0. The number of nitrogens with one attached hydrogen (secondary N) is 11. The maximum Gasteiger partial charge on any atom is 0.330 e. The molecule has 694 valence electrons. The number of carbonyl (C=O) groups excluding carboxylic acids is 11. The Labute approximate surface area is 696 Å². The highest BCUT2D eigenvalue weighted by Gasteiger charge is 2.38. The molecule has 0 bridgehead atoms. The number of hydrogen-bond donors (Lipinski definition) is 24. The molecular weight excluding hydrogens is 1600 g/mol. The van der Waals surface area contributed by atoms with Gasteiger partial charge in [0, 0.05) is 158 Å². The zero-order chi connectivity index (χ0) is 89.4. The van der Waals surface area contributed by atoms with Crippen molar-refractivity contribution in [3.8, 4) is 0 Å². The third kappa shape index (κ3) is 58.3. The Kier molecular flexibility index (Phi) is 65.3. The highest BCUT2D eigenvalue weighted by atomic mass is 31.2. The van der Waals surface area contributed by atoms with Gasteiger partial charge in [0.1, 0.15) is 42.0 Å². The fraction of sp³-hybridized carbons (Fsp3) is 0.853. The van der Waals surface area contributed by atoms with Crippen LogP contribution in [0.5, 0.6) is 0 Å². The fourth-order valence-corrected chi connectivity index (χ4v) is 11.8. The number of rotatable bonds is 77. The highest BCUT2D eigenvalue weighted by molar-refractivity contribution is 7.53. The van der Waals surface area contributed by atoms with Crippen molar-refractivity contribution in [3.63, 3.8) is 0 Å². The van der Waals surface area contributed by atoms with Gasteiger partial charge in [0.15, 0.2) is 18.9 Å². The van der Waals surface area contributed by atoms with Gasteiger partial charge in [0.05, 0.1) is 70.2 Å². The van der Waals surface area contributed by atoms with Gasteiger partial charge >= 0.3 is 7.60 Å². The van der Waals surface area contributed by atoms with E-state index in [9.17, 15) is 108 Å². The van der Waals surface area contributed by atoms with E-state index in [1.807, 2.05) is 0 Å². The van der Waals surface area contributed by atoms with Crippen LogP contribution in [0.1, 0.15) is 195 Å². The van der Waals surface area contributed by atoms with Crippen molar-refractivity contribution in [2.24, 2.45) is 0 Å². The van der Waals surface area contributed by atoms with E-state index in [-0.39, 0.29) is 206 Å². The van der Waals surface area contributed by atoms with Crippen LogP contribution < -0.4 is 58.5 Å². The molecule has 0 spiro atoms. The van der Waals surface area contributed by atoms with E-state index in [2.05, 4.69) is 58.5 Å². The Morgan fingerprint density at radius 2 is 0.588 bits per heavy atom. The van der Waals surface area contributed by atoms with Gasteiger partial charge in [-0.05, 0) is 96.3 Å². The lowest BCUT2D eigenvalue weighted by Gasteiger charge is -2.34. The summed E-state index contributed by atoms with van der Waals surface area (Å²) in [6, 6.07) is -4.20. The third-order valence-electron chi connectivity index (χ3n) is 17.9. The van der Waals surface area contributed by atoms with Gasteiger partial charge in [0.2, 0.25) is 65.0 Å². The molecule has 0 aliphatic heterocycles. The first-order chi connectivity index (χ1) is 56.5. The average molecular weight is 1740 g/mol. The zero-order valence-electron chi connectivity index (χ0n) is 69.8. The largest absolute Gasteiger partial charge is 0.396 e. The summed E-state index contributed by atoms with van der Waals surface area (Å²) in [4.78, 5) is 149. The Bertz CT molecular complexity index is 2640. The molecule has 0 aliphatic carbocycles. The molecule has 13 atom stereocenters. The Hall–Kier alpha value is -6.40. The summed E-state index contributed by atoms with van der Waals surface area (Å²) in [7, 11) is -3.68. The lowest BCUT2D eigenvalue weighted by Crippen LogP contribution is -2.58. The summed E-state index contributed by atoms with van der Waals surface area (Å²) < 4.78 is 51.3. The lowest BCUT2D eigenvalue weighted by molar-refractivity contribution is -0.160. The molecule has 0 aromatic carbocycles. The molecule has 0 saturated heterocycles. The minimum atomic E-state index is -3.68. The molecule has 119 heavy (non-hydrogen) atoms. The smallest absolute Gasteiger partial charge is 0.330 e. The Morgan fingerprint density at radius 3 is 0.874 bits per heavy atom. The number of unbranched alkanes of at least 4 members (excludes halogenated alkanes) is 6. The van der Waals surface area contributed by atoms with E-state index in [1.165, 1.54) is 0 Å². The molecule has 0 aliphatic rings. The van der Waals surface area contributed by atoms with Gasteiger partial charge < -0.3 is 158 Å². The standard InChI is InChI=1S/C75H142N11O32P/c1-51(2)119(110,111)118-44-12-7-6-11-31-76-61(99)23-16-24-65(103)86-75(48-112-45-28-62(100)80-35-17-32-77-58(96)20-8-13-41-115-72(107)66(83-52(3)90)69(104)55(93)25-38-87,49-113-46-29-63(101)81-36-18-33-78-59(97)21-9-14-42-116-73(108)67(84-53(4)91)70(105)56(94)26-39-88)50-114-47-30-64(102)82-37-19-34-79-60(98)22-10-15-43-117-74(109)68(85-54(5)92)71(106)57(95)27-40-89/h51,55-57,66-74,87-89,93-95,104-109H,6-50H2,1-5H3,(H,76,99)(H,77,96)(H,78,97)(H,79,98)(H,80,100)(H,81,101)(H,82,102)(H,83,90)(H,84,91)(H,85,92)(H,86,103)(H,110,111)/t55-,56-,57-,66?,67?,68?,69-,70-,71-,72-,73-,74-,75?/m0/s1. The van der Waals surface area contributed by atoms with Crippen molar-refractivity contribution in [1.82, 2.24) is 58.5 Å². The lowest BCUT2D eigenvalue weighted by atomic mass is 10.0. The summed E-state index contributed by atoms with van der Waals surface area (Å²) in [5.74, 6) is -4.93. The predicted molar refractivity (Wildman–Crippen MR) is 427 cm³/mol. The van der Waals surface area contributed by atoms with E-state index < -0.39 is 154 Å². The van der Waals surface area contributed by atoms with Gasteiger partial charge in [0.25, 0.3) is 0 Å². The van der Waals surface area contributed by atoms with Gasteiger partial charge in [-0.3, -0.25) is 57.3 Å². The van der Waals surface area contributed by atoms with Crippen LogP contribution >= 0.6 is 7.60 Å². The van der Waals surface area contributed by atoms with Crippen LogP contribution in [0.25, 0.3) is 0 Å². The first-order valence-corrected chi connectivity index (χ1v) is 42.7. The van der Waals surface area contributed by atoms with E-state index in [0.29, 0.717) is 90.0 Å². The monoisotopic (exact) mass is 1740 g/mol. The molecule has 4 unspecified atom stereocenters. The molecule has 0 fully saturated rings. The van der Waals surface area contributed by atoms with Gasteiger partial charge in [-0.15, -0.1) is 0 Å². The normalized spacial score (nSPS) is 15.6. The zero-order valence-corrected chi connectivity index (χ0v) is 70.7. The second-order valence-electron chi connectivity index (χ2n) is 29.1. The molecule has 0 saturated carbocycles. The SMILES string of the molecule is CC(=O)NC([C@@H](O)[C@@H](O)CCO)[C@@H](O)OCCCCC(=O)NCCCNC(=O)CCOCC(COCCC(=O)NCCCNC(=O)CCCCO[C@H](O)C(NC(C)=O)[C@@H](O)[C@@H](O)CCO)(COCCC(=O)NCCCNC(=O)CCCCO[C@H](O)C(NC(C)=O)[C@@H](O)[C@@H](O)CCO)NC(=O)CCCC(=O)NCCCCCCOP(=O)(O)C(C)C. The summed E-state index contributed by atoms with van der Waals surface area (Å²) in [6.07, 6.45) is -10.1. The number of amides is 11. The number of ether oxygens (including phenoxy) is 6. The summed E-state index contributed by atoms with van der Waals surface area (Å²) in [6.45, 7) is 4.93. The molecular formula is C75H142N11O32P. The van der Waals surface area contributed by atoms with Gasteiger partial charge in [-0.2, -0.15) is 0 Å². The molecule has 0 heterocycles. The second-order valence-corrected chi connectivity index (χ2v) is 31.5. The van der Waals surface area contributed by atoms with Crippen LogP contribution in [0, 0.1) is 0 Å². The van der Waals surface area contributed by atoms with Crippen LogP contribution in [0.15, 0.2) is 0 Å². The fourth-order valence-electron chi connectivity index (χ4n) is 11.1. The van der Waals surface area contributed by atoms with E-state index in [1.54, 1.807) is 13.8 Å². The first-order valence-electron chi connectivity index (χ1n) is 41.0. The highest BCUT2D eigenvalue weighted by Crippen LogP contribution is 2.47. The number of hydrogen-bond acceptors (Lipinski definition) is 31. The number of carbonyl (C=O) groups is 11. The topological polar surface area (TPSA) is 665 Å². The average Bonchev–Trinajstić information content (AvgIpc) is 0.874. The van der Waals surface area contributed by atoms with E-state index in [4.69, 9.17) is 48.3 Å². The van der Waals surface area contributed by atoms with Gasteiger partial charge in [-0.1, -0.05) is 26.7 Å². The Balaban J connectivity index is 6.04. The van der Waals surface area contributed by atoms with E-state index in [0.717, 1.165) is 20.8 Å². The van der Waals surface area contributed by atoms with Crippen LogP contribution in [0.3, 0.4) is 0 Å². The van der Waals surface area contributed by atoms with Crippen molar-refractivity contribution < 1.29 is 156 Å². The molecule has 0 rings (SSSR count). The van der Waals surface area contributed by atoms with Crippen LogP contribution in [0.2, 0.25) is 0 Å². The van der Waals surface area contributed by atoms with Crippen molar-refractivity contribution in [1.29, 1.82) is 0 Å². The molecule has 0 aromatic rings. The quantitative estimate of drug-likeness (QED) is 0.0154. The molecule has 11 amide bonds. The summed E-state index contributed by atoms with van der Waals surface area (Å²) in [5.41, 5.74) is -2.08. The van der Waals surface area contributed by atoms with Crippen molar-refractivity contribution in [2.75, 3.05) is 132 Å². The van der Waals surface area contributed by atoms with Crippen molar-refractivity contribution in [2.45, 2.75) is 280 Å². The molecule has 44 heteroatoms. The van der Waals surface area contributed by atoms with Crippen LogP contribution in [-0.4, -0.2) is 348 Å². The van der Waals surface area contributed by atoms with E-state index >= 15 is 0 Å². The molecule has 24 N–H and O–H groups in total. The molecule has 0 radical (unpaired) electrons. The van der Waals surface area contributed by atoms with Crippen molar-refractivity contribution in [3.05, 3.63) is 0 Å². The Morgan fingerprint density at radius 1 is 0.328 bits per heavy atom. The number of aliphatic hydroxyl groups is 12. The summed E-state index contributed by atoms with van der Waals surface area (Å²) in [5, 5.41) is 149.